The lowest BCUT2D eigenvalue weighted by molar-refractivity contribution is 0.0939. The molecule has 0 fully saturated rings. The Morgan fingerprint density at radius 3 is 2.61 bits per heavy atom. The summed E-state index contributed by atoms with van der Waals surface area (Å²) in [5.74, 6) is 1.43. The number of hydrogen-bond donors (Lipinski definition) is 1. The molecule has 0 saturated heterocycles. The molecule has 0 aliphatic carbocycles. The maximum Gasteiger partial charge on any atom is 0.251 e. The second-order valence-corrected chi connectivity index (χ2v) is 8.93. The van der Waals surface area contributed by atoms with E-state index in [0.29, 0.717) is 11.3 Å². The third-order valence-electron chi connectivity index (χ3n) is 5.39. The predicted octanol–water partition coefficient (Wildman–Crippen LogP) is 5.46. The van der Waals surface area contributed by atoms with Gasteiger partial charge in [-0.3, -0.25) is 14.3 Å². The maximum atomic E-state index is 12.3. The predicted molar refractivity (Wildman–Crippen MR) is 133 cm³/mol. The van der Waals surface area contributed by atoms with E-state index < -0.39 is 0 Å². The fraction of sp³-hybridized carbons (Fsp3) is 0.231. The van der Waals surface area contributed by atoms with E-state index in [1.807, 2.05) is 49.4 Å². The summed E-state index contributed by atoms with van der Waals surface area (Å²) >= 11 is 1.61. The number of benzene rings is 2. The first-order valence-electron chi connectivity index (χ1n) is 11.0. The first-order chi connectivity index (χ1) is 16.0. The molecule has 2 heterocycles. The summed E-state index contributed by atoms with van der Waals surface area (Å²) in [6, 6.07) is 20.1. The second kappa shape index (κ2) is 10.4. The Hall–Kier alpha value is -3.45. The largest absolute Gasteiger partial charge is 0.350 e. The first kappa shape index (κ1) is 22.7. The van der Waals surface area contributed by atoms with E-state index in [0.717, 1.165) is 34.2 Å². The number of aromatic nitrogens is 4. The van der Waals surface area contributed by atoms with Crippen molar-refractivity contribution in [1.82, 2.24) is 25.1 Å². The molecule has 0 aliphatic heterocycles. The number of pyridine rings is 1. The first-order valence-corrected chi connectivity index (χ1v) is 12.0. The zero-order valence-electron chi connectivity index (χ0n) is 19.0. The molecule has 2 aromatic carbocycles. The average Bonchev–Trinajstić information content (AvgIpc) is 3.27. The molecule has 1 atom stereocenters. The number of carbonyl (C=O) groups excluding carboxylic acids is 1. The number of carbonyl (C=O) groups is 1. The highest BCUT2D eigenvalue weighted by atomic mass is 32.2. The molecule has 0 radical (unpaired) electrons. The van der Waals surface area contributed by atoms with E-state index in [4.69, 9.17) is 0 Å². The van der Waals surface area contributed by atoms with Crippen LogP contribution in [0.25, 0.3) is 17.1 Å². The summed E-state index contributed by atoms with van der Waals surface area (Å²) in [5, 5.41) is 12.8. The Morgan fingerprint density at radius 2 is 1.91 bits per heavy atom. The number of rotatable bonds is 8. The summed E-state index contributed by atoms with van der Waals surface area (Å²) in [5.41, 5.74) is 4.88. The Bertz CT molecular complexity index is 1220. The van der Waals surface area contributed by atoms with Gasteiger partial charge in [-0.05, 0) is 67.8 Å². The van der Waals surface area contributed by atoms with Crippen molar-refractivity contribution in [2.75, 3.05) is 0 Å². The quantitative estimate of drug-likeness (QED) is 0.356. The van der Waals surface area contributed by atoms with Crippen LogP contribution in [0.1, 0.15) is 41.8 Å². The van der Waals surface area contributed by atoms with Gasteiger partial charge in [0.15, 0.2) is 11.0 Å². The third-order valence-corrected chi connectivity index (χ3v) is 6.39. The van der Waals surface area contributed by atoms with E-state index in [1.165, 1.54) is 5.56 Å². The zero-order valence-corrected chi connectivity index (χ0v) is 19.8. The molecule has 168 valence electrons. The summed E-state index contributed by atoms with van der Waals surface area (Å²) in [7, 11) is 0. The van der Waals surface area contributed by atoms with Crippen molar-refractivity contribution in [3.05, 3.63) is 89.7 Å². The second-order valence-electron chi connectivity index (χ2n) is 7.99. The number of nitrogens with zero attached hydrogens (tertiary/aromatic N) is 4. The van der Waals surface area contributed by atoms with Crippen LogP contribution < -0.4 is 5.32 Å². The van der Waals surface area contributed by atoms with E-state index in [9.17, 15) is 4.79 Å². The van der Waals surface area contributed by atoms with Gasteiger partial charge in [0.1, 0.15) is 0 Å². The van der Waals surface area contributed by atoms with Gasteiger partial charge in [-0.15, -0.1) is 10.2 Å². The van der Waals surface area contributed by atoms with E-state index in [-0.39, 0.29) is 11.9 Å². The smallest absolute Gasteiger partial charge is 0.251 e. The molecule has 7 heteroatoms. The van der Waals surface area contributed by atoms with Crippen molar-refractivity contribution in [3.8, 4) is 17.1 Å². The highest BCUT2D eigenvalue weighted by molar-refractivity contribution is 7.98. The van der Waals surface area contributed by atoms with Gasteiger partial charge in [0, 0.05) is 41.0 Å². The van der Waals surface area contributed by atoms with Crippen molar-refractivity contribution < 1.29 is 4.79 Å². The molecule has 1 unspecified atom stereocenters. The van der Waals surface area contributed by atoms with Crippen molar-refractivity contribution in [3.63, 3.8) is 0 Å². The highest BCUT2D eigenvalue weighted by Crippen LogP contribution is 2.29. The number of aryl methyl sites for hydroxylation is 1. The molecular formula is C26H27N5OS. The lowest BCUT2D eigenvalue weighted by atomic mass is 10.1. The fourth-order valence-corrected chi connectivity index (χ4v) is 4.26. The number of thioether (sulfide) groups is 1. The summed E-state index contributed by atoms with van der Waals surface area (Å²) < 4.78 is 2.07. The molecule has 33 heavy (non-hydrogen) atoms. The SMILES string of the molecule is CCC(C)NC(=O)c1ccc(CSc2nnc(-c3cccnc3)n2-c2cccc(C)c2)cc1. The van der Waals surface area contributed by atoms with Gasteiger partial charge in [-0.1, -0.05) is 43.0 Å². The summed E-state index contributed by atoms with van der Waals surface area (Å²) in [6.45, 7) is 6.14. The zero-order chi connectivity index (χ0) is 23.2. The normalized spacial score (nSPS) is 11.8. The van der Waals surface area contributed by atoms with Crippen LogP contribution in [0.3, 0.4) is 0 Å². The minimum Gasteiger partial charge on any atom is -0.350 e. The standard InChI is InChI=1S/C26H27N5OS/c1-4-19(3)28-25(32)21-12-10-20(11-13-21)17-33-26-30-29-24(22-8-6-14-27-16-22)31(26)23-9-5-7-18(2)15-23/h5-16,19H,4,17H2,1-3H3,(H,28,32). The monoisotopic (exact) mass is 457 g/mol. The van der Waals surface area contributed by atoms with Gasteiger partial charge < -0.3 is 5.32 Å². The molecule has 0 spiro atoms. The summed E-state index contributed by atoms with van der Waals surface area (Å²) in [4.78, 5) is 16.6. The molecule has 6 nitrogen and oxygen atoms in total. The van der Waals surface area contributed by atoms with Crippen molar-refractivity contribution in [2.24, 2.45) is 0 Å². The minimum absolute atomic E-state index is 0.0381. The molecule has 2 aromatic heterocycles. The molecular weight excluding hydrogens is 430 g/mol. The van der Waals surface area contributed by atoms with E-state index in [1.54, 1.807) is 24.2 Å². The molecule has 4 aromatic rings. The Labute approximate surface area is 198 Å². The third kappa shape index (κ3) is 5.49. The molecule has 0 aliphatic rings. The number of hydrogen-bond acceptors (Lipinski definition) is 5. The Morgan fingerprint density at radius 1 is 1.09 bits per heavy atom. The average molecular weight is 458 g/mol. The van der Waals surface area contributed by atoms with Crippen molar-refractivity contribution in [2.45, 2.75) is 44.1 Å². The number of amides is 1. The van der Waals surface area contributed by atoms with Crippen LogP contribution in [0.2, 0.25) is 0 Å². The van der Waals surface area contributed by atoms with Crippen LogP contribution in [0.15, 0.2) is 78.2 Å². The molecule has 4 rings (SSSR count). The Balaban J connectivity index is 1.56. The fourth-order valence-electron chi connectivity index (χ4n) is 3.35. The summed E-state index contributed by atoms with van der Waals surface area (Å²) in [6.07, 6.45) is 4.45. The van der Waals surface area contributed by atoms with Gasteiger partial charge in [-0.2, -0.15) is 0 Å². The van der Waals surface area contributed by atoms with Crippen molar-refractivity contribution in [1.29, 1.82) is 0 Å². The molecule has 0 saturated carbocycles. The van der Waals surface area contributed by atoms with Gasteiger partial charge >= 0.3 is 0 Å². The van der Waals surface area contributed by atoms with Crippen LogP contribution >= 0.6 is 11.8 Å². The van der Waals surface area contributed by atoms with Gasteiger partial charge in [0.25, 0.3) is 5.91 Å². The van der Waals surface area contributed by atoms with E-state index in [2.05, 4.69) is 57.1 Å². The van der Waals surface area contributed by atoms with Gasteiger partial charge in [-0.25, -0.2) is 0 Å². The minimum atomic E-state index is -0.0381. The topological polar surface area (TPSA) is 72.7 Å². The van der Waals surface area contributed by atoms with Crippen LogP contribution in [0, 0.1) is 6.92 Å². The maximum absolute atomic E-state index is 12.3. The van der Waals surface area contributed by atoms with Crippen molar-refractivity contribution >= 4 is 17.7 Å². The van der Waals surface area contributed by atoms with Crippen LogP contribution in [-0.2, 0) is 5.75 Å². The van der Waals surface area contributed by atoms with E-state index >= 15 is 0 Å². The van der Waals surface area contributed by atoms with Crippen LogP contribution in [0.5, 0.6) is 0 Å². The van der Waals surface area contributed by atoms with Crippen LogP contribution in [-0.4, -0.2) is 31.7 Å². The number of nitrogens with one attached hydrogen (secondary N) is 1. The molecule has 1 amide bonds. The lowest BCUT2D eigenvalue weighted by Gasteiger charge is -2.12. The Kier molecular flexibility index (Phi) is 7.19. The lowest BCUT2D eigenvalue weighted by Crippen LogP contribution is -2.31. The molecule has 1 N–H and O–H groups in total. The van der Waals surface area contributed by atoms with Gasteiger partial charge in [0.2, 0.25) is 0 Å². The highest BCUT2D eigenvalue weighted by Gasteiger charge is 2.17. The van der Waals surface area contributed by atoms with Crippen LogP contribution in [0.4, 0.5) is 0 Å². The molecule has 0 bridgehead atoms. The van der Waals surface area contributed by atoms with Gasteiger partial charge in [0.05, 0.1) is 0 Å².